The molecule has 6 nitrogen and oxygen atoms in total. The maximum absolute atomic E-state index is 12.0. The molecule has 2 rings (SSSR count). The molecule has 1 amide bonds. The number of nitrogens with zero attached hydrogens (tertiary/aromatic N) is 2. The van der Waals surface area contributed by atoms with E-state index in [9.17, 15) is 9.59 Å². The van der Waals surface area contributed by atoms with E-state index in [-0.39, 0.29) is 11.0 Å². The highest BCUT2D eigenvalue weighted by molar-refractivity contribution is 6.03. The lowest BCUT2D eigenvalue weighted by Crippen LogP contribution is -2.21. The topological polar surface area (TPSA) is 78.1 Å². The third kappa shape index (κ3) is 3.03. The second-order valence-electron chi connectivity index (χ2n) is 4.65. The number of nitrogens with one attached hydrogen (secondary N) is 2. The van der Waals surface area contributed by atoms with Crippen LogP contribution >= 0.6 is 0 Å². The Labute approximate surface area is 116 Å². The zero-order chi connectivity index (χ0) is 14.7. The summed E-state index contributed by atoms with van der Waals surface area (Å²) in [5.41, 5.74) is 1.02. The molecular weight excluding hydrogens is 256 g/mol. The molecule has 6 heteroatoms. The van der Waals surface area contributed by atoms with Gasteiger partial charge in [0.15, 0.2) is 5.43 Å². The van der Waals surface area contributed by atoms with Crippen LogP contribution in [0.25, 0.3) is 0 Å². The summed E-state index contributed by atoms with van der Waals surface area (Å²) in [7, 11) is 3.76. The first kappa shape index (κ1) is 13.8. The molecule has 104 valence electrons. The Balaban J connectivity index is 2.17. The third-order valence-corrected chi connectivity index (χ3v) is 2.77. The standard InChI is InChI=1S/C14H16N4O2/c1-9-6-12(19)11(8-15-9)14(20)17-10-4-5-13(16-7-10)18(2)3/h4-8H,1-3H3,(H,15,19)(H,17,20). The molecule has 0 bridgehead atoms. The van der Waals surface area contributed by atoms with E-state index in [2.05, 4.69) is 15.3 Å². The SMILES string of the molecule is Cc1cc(=O)c(C(=O)Nc2ccc(N(C)C)nc2)c[nH]1. The molecule has 0 unspecified atom stereocenters. The van der Waals surface area contributed by atoms with Crippen molar-refractivity contribution in [2.45, 2.75) is 6.92 Å². The van der Waals surface area contributed by atoms with Gasteiger partial charge in [0.25, 0.3) is 5.91 Å². The Kier molecular flexibility index (Phi) is 3.84. The predicted octanol–water partition coefficient (Wildman–Crippen LogP) is 1.40. The molecule has 20 heavy (non-hydrogen) atoms. The van der Waals surface area contributed by atoms with E-state index >= 15 is 0 Å². The van der Waals surface area contributed by atoms with Gasteiger partial charge in [-0.05, 0) is 19.1 Å². The van der Waals surface area contributed by atoms with Gasteiger partial charge in [-0.2, -0.15) is 0 Å². The quantitative estimate of drug-likeness (QED) is 0.885. The Morgan fingerprint density at radius 2 is 2.10 bits per heavy atom. The lowest BCUT2D eigenvalue weighted by atomic mass is 10.2. The van der Waals surface area contributed by atoms with Crippen LogP contribution in [0.3, 0.4) is 0 Å². The van der Waals surface area contributed by atoms with Gasteiger partial charge >= 0.3 is 0 Å². The van der Waals surface area contributed by atoms with Crippen molar-refractivity contribution in [1.82, 2.24) is 9.97 Å². The first-order valence-corrected chi connectivity index (χ1v) is 6.11. The van der Waals surface area contributed by atoms with Gasteiger partial charge in [0.05, 0.1) is 11.9 Å². The van der Waals surface area contributed by atoms with Crippen molar-refractivity contribution in [1.29, 1.82) is 0 Å². The fourth-order valence-corrected chi connectivity index (χ4v) is 1.67. The monoisotopic (exact) mass is 272 g/mol. The van der Waals surface area contributed by atoms with Crippen LogP contribution < -0.4 is 15.6 Å². The number of aromatic nitrogens is 2. The van der Waals surface area contributed by atoms with Crippen molar-refractivity contribution in [2.24, 2.45) is 0 Å². The van der Waals surface area contributed by atoms with E-state index in [0.29, 0.717) is 11.4 Å². The summed E-state index contributed by atoms with van der Waals surface area (Å²) in [5, 5.41) is 2.64. The van der Waals surface area contributed by atoms with E-state index in [4.69, 9.17) is 0 Å². The minimum Gasteiger partial charge on any atom is -0.364 e. The Morgan fingerprint density at radius 1 is 1.35 bits per heavy atom. The molecular formula is C14H16N4O2. The zero-order valence-corrected chi connectivity index (χ0v) is 11.6. The molecule has 0 saturated heterocycles. The number of rotatable bonds is 3. The minimum atomic E-state index is -0.453. The Morgan fingerprint density at radius 3 is 2.65 bits per heavy atom. The van der Waals surface area contributed by atoms with Crippen LogP contribution in [0.1, 0.15) is 16.1 Å². The highest BCUT2D eigenvalue weighted by Gasteiger charge is 2.10. The van der Waals surface area contributed by atoms with E-state index < -0.39 is 5.91 Å². The van der Waals surface area contributed by atoms with Gasteiger partial charge in [0, 0.05) is 32.1 Å². The van der Waals surface area contributed by atoms with Crippen molar-refractivity contribution in [3.05, 3.63) is 52.1 Å². The Hall–Kier alpha value is -2.63. The third-order valence-electron chi connectivity index (χ3n) is 2.77. The molecule has 0 aliphatic rings. The molecule has 0 spiro atoms. The van der Waals surface area contributed by atoms with Gasteiger partial charge < -0.3 is 15.2 Å². The van der Waals surface area contributed by atoms with Gasteiger partial charge in [0.2, 0.25) is 0 Å². The van der Waals surface area contributed by atoms with Crippen LogP contribution in [0, 0.1) is 6.92 Å². The van der Waals surface area contributed by atoms with Gasteiger partial charge in [-0.25, -0.2) is 4.98 Å². The highest BCUT2D eigenvalue weighted by Crippen LogP contribution is 2.12. The average molecular weight is 272 g/mol. The van der Waals surface area contributed by atoms with Crippen molar-refractivity contribution < 1.29 is 4.79 Å². The van der Waals surface area contributed by atoms with Gasteiger partial charge in [-0.3, -0.25) is 9.59 Å². The number of hydrogen-bond acceptors (Lipinski definition) is 4. The molecule has 2 aromatic rings. The van der Waals surface area contributed by atoms with Crippen LogP contribution in [0.15, 0.2) is 35.4 Å². The van der Waals surface area contributed by atoms with Crippen LogP contribution in [-0.4, -0.2) is 30.0 Å². The highest BCUT2D eigenvalue weighted by atomic mass is 16.2. The predicted molar refractivity (Wildman–Crippen MR) is 78.3 cm³/mol. The van der Waals surface area contributed by atoms with Crippen LogP contribution in [-0.2, 0) is 0 Å². The molecule has 0 aromatic carbocycles. The maximum atomic E-state index is 12.0. The van der Waals surface area contributed by atoms with E-state index in [1.165, 1.54) is 12.3 Å². The summed E-state index contributed by atoms with van der Waals surface area (Å²) < 4.78 is 0. The van der Waals surface area contributed by atoms with Gasteiger partial charge in [0.1, 0.15) is 11.4 Å². The number of pyridine rings is 2. The molecule has 0 fully saturated rings. The fraction of sp³-hybridized carbons (Fsp3) is 0.214. The molecule has 0 aliphatic heterocycles. The van der Waals surface area contributed by atoms with Gasteiger partial charge in [-0.1, -0.05) is 0 Å². The number of amides is 1. The van der Waals surface area contributed by atoms with Crippen LogP contribution in [0.4, 0.5) is 11.5 Å². The summed E-state index contributed by atoms with van der Waals surface area (Å²) in [6.07, 6.45) is 2.96. The molecule has 2 aromatic heterocycles. The first-order valence-electron chi connectivity index (χ1n) is 6.11. The van der Waals surface area contributed by atoms with E-state index in [0.717, 1.165) is 5.82 Å². The van der Waals surface area contributed by atoms with Crippen molar-refractivity contribution >= 4 is 17.4 Å². The van der Waals surface area contributed by atoms with Crippen molar-refractivity contribution in [2.75, 3.05) is 24.3 Å². The summed E-state index contributed by atoms with van der Waals surface area (Å²) >= 11 is 0. The second kappa shape index (κ2) is 5.56. The van der Waals surface area contributed by atoms with Crippen molar-refractivity contribution in [3.8, 4) is 0 Å². The van der Waals surface area contributed by atoms with Crippen LogP contribution in [0.5, 0.6) is 0 Å². The van der Waals surface area contributed by atoms with E-state index in [1.54, 1.807) is 25.3 Å². The van der Waals surface area contributed by atoms with E-state index in [1.807, 2.05) is 19.0 Å². The summed E-state index contributed by atoms with van der Waals surface area (Å²) in [5.74, 6) is 0.335. The lowest BCUT2D eigenvalue weighted by molar-refractivity contribution is 0.102. The normalized spacial score (nSPS) is 10.2. The molecule has 0 radical (unpaired) electrons. The average Bonchev–Trinajstić information content (AvgIpc) is 2.39. The van der Waals surface area contributed by atoms with Gasteiger partial charge in [-0.15, -0.1) is 0 Å². The lowest BCUT2D eigenvalue weighted by Gasteiger charge is -2.11. The Bertz CT molecular complexity index is 674. The van der Waals surface area contributed by atoms with Crippen molar-refractivity contribution in [3.63, 3.8) is 0 Å². The second-order valence-corrected chi connectivity index (χ2v) is 4.65. The molecule has 2 heterocycles. The minimum absolute atomic E-state index is 0.0762. The number of aromatic amines is 1. The fourth-order valence-electron chi connectivity index (χ4n) is 1.67. The summed E-state index contributed by atoms with van der Waals surface area (Å²) in [6, 6.07) is 4.92. The zero-order valence-electron chi connectivity index (χ0n) is 11.6. The maximum Gasteiger partial charge on any atom is 0.261 e. The molecule has 0 atom stereocenters. The smallest absolute Gasteiger partial charge is 0.261 e. The molecule has 0 saturated carbocycles. The summed E-state index contributed by atoms with van der Waals surface area (Å²) in [6.45, 7) is 1.76. The molecule has 0 aliphatic carbocycles. The largest absolute Gasteiger partial charge is 0.364 e. The summed E-state index contributed by atoms with van der Waals surface area (Å²) in [4.78, 5) is 32.6. The first-order chi connectivity index (χ1) is 9.47. The van der Waals surface area contributed by atoms with Crippen LogP contribution in [0.2, 0.25) is 0 Å². The number of hydrogen-bond donors (Lipinski definition) is 2. The number of H-pyrrole nitrogens is 1. The number of anilines is 2. The number of carbonyl (C=O) groups is 1. The molecule has 2 N–H and O–H groups in total. The number of aryl methyl sites for hydroxylation is 1. The number of carbonyl (C=O) groups excluding carboxylic acids is 1.